The molecule has 0 spiro atoms. The molecule has 2 unspecified atom stereocenters. The summed E-state index contributed by atoms with van der Waals surface area (Å²) in [6.07, 6.45) is 10.4. The van der Waals surface area contributed by atoms with Crippen molar-refractivity contribution in [3.05, 3.63) is 30.5 Å². The lowest BCUT2D eigenvalue weighted by molar-refractivity contribution is 0.0303. The fraction of sp³-hybridized carbons (Fsp3) is 0.538. The molecule has 2 bridgehead atoms. The molecule has 0 radical (unpaired) electrons. The van der Waals surface area contributed by atoms with Crippen LogP contribution in [0.3, 0.4) is 0 Å². The highest BCUT2D eigenvalue weighted by Crippen LogP contribution is 2.33. The Bertz CT molecular complexity index is 1190. The number of carbonyl (C=O) groups excluding carboxylic acids is 1. The Kier molecular flexibility index (Phi) is 6.01. The summed E-state index contributed by atoms with van der Waals surface area (Å²) in [6, 6.07) is 7.90. The number of fused-ring (bicyclic) bond motifs is 3. The van der Waals surface area contributed by atoms with Crippen LogP contribution in [0.25, 0.3) is 22.4 Å². The second kappa shape index (κ2) is 9.45. The molecule has 3 aliphatic rings. The first-order chi connectivity index (χ1) is 17.2. The molecule has 1 saturated carbocycles. The zero-order chi connectivity index (χ0) is 23.8. The fourth-order valence-corrected chi connectivity index (χ4v) is 5.63. The maximum atomic E-state index is 12.4. The van der Waals surface area contributed by atoms with Crippen molar-refractivity contribution in [1.82, 2.24) is 25.1 Å². The Morgan fingerprint density at radius 3 is 2.49 bits per heavy atom. The highest BCUT2D eigenvalue weighted by atomic mass is 16.5. The van der Waals surface area contributed by atoms with Gasteiger partial charge in [-0.3, -0.25) is 0 Å². The summed E-state index contributed by atoms with van der Waals surface area (Å²) < 4.78 is 7.97. The summed E-state index contributed by atoms with van der Waals surface area (Å²) in [5, 5.41) is 11.6. The molecule has 2 saturated heterocycles. The molecule has 2 N–H and O–H groups in total. The second-order valence-corrected chi connectivity index (χ2v) is 9.94. The van der Waals surface area contributed by atoms with Crippen LogP contribution in [-0.4, -0.2) is 57.1 Å². The predicted molar refractivity (Wildman–Crippen MR) is 136 cm³/mol. The van der Waals surface area contributed by atoms with E-state index in [0.29, 0.717) is 5.82 Å². The Morgan fingerprint density at radius 2 is 1.77 bits per heavy atom. The Labute approximate surface area is 205 Å². The SMILES string of the molecule is CCn1ncc2c(N3CC4CCC(C3)O4)nc(-c3ccc(NC(=O)NC4CCCCC4)cc3)nc21. The third kappa shape index (κ3) is 4.57. The Hall–Kier alpha value is -3.20. The number of morpholine rings is 1. The van der Waals surface area contributed by atoms with Gasteiger partial charge in [0.1, 0.15) is 5.82 Å². The lowest BCUT2D eigenvalue weighted by atomic mass is 9.96. The number of ether oxygens (including phenoxy) is 1. The first-order valence-corrected chi connectivity index (χ1v) is 13.0. The van der Waals surface area contributed by atoms with Crippen LogP contribution in [0, 0.1) is 0 Å². The summed E-state index contributed by atoms with van der Waals surface area (Å²) in [5.74, 6) is 1.60. The smallest absolute Gasteiger partial charge is 0.319 e. The molecular weight excluding hydrogens is 442 g/mol. The fourth-order valence-electron chi connectivity index (χ4n) is 5.63. The van der Waals surface area contributed by atoms with Crippen molar-refractivity contribution >= 4 is 28.6 Å². The van der Waals surface area contributed by atoms with Gasteiger partial charge in [0.25, 0.3) is 0 Å². The van der Waals surface area contributed by atoms with Crippen LogP contribution in [0.1, 0.15) is 51.9 Å². The van der Waals surface area contributed by atoms with Crippen LogP contribution in [0.4, 0.5) is 16.3 Å². The molecule has 9 heteroatoms. The molecule has 6 rings (SSSR count). The van der Waals surface area contributed by atoms with Crippen LogP contribution in [-0.2, 0) is 11.3 Å². The average molecular weight is 476 g/mol. The topological polar surface area (TPSA) is 97.2 Å². The van der Waals surface area contributed by atoms with Crippen molar-refractivity contribution in [3.8, 4) is 11.4 Å². The van der Waals surface area contributed by atoms with E-state index in [0.717, 1.165) is 73.4 Å². The number of nitrogens with one attached hydrogen (secondary N) is 2. The van der Waals surface area contributed by atoms with Crippen LogP contribution < -0.4 is 15.5 Å². The molecule has 1 aromatic carbocycles. The van der Waals surface area contributed by atoms with Gasteiger partial charge in [0, 0.05) is 36.9 Å². The maximum absolute atomic E-state index is 12.4. The molecule has 2 aromatic heterocycles. The van der Waals surface area contributed by atoms with Crippen molar-refractivity contribution in [1.29, 1.82) is 0 Å². The standard InChI is InChI=1S/C26H33N7O2/c1-2-33-25-22(14-27-33)24(32-15-20-12-13-21(16-32)35-20)30-23(31-25)17-8-10-19(11-9-17)29-26(34)28-18-6-4-3-5-7-18/h8-11,14,18,20-21H,2-7,12-13,15-16H2,1H3,(H2,28,29,34). The Morgan fingerprint density at radius 1 is 1.03 bits per heavy atom. The van der Waals surface area contributed by atoms with Gasteiger partial charge >= 0.3 is 6.03 Å². The predicted octanol–water partition coefficient (Wildman–Crippen LogP) is 4.34. The van der Waals surface area contributed by atoms with Gasteiger partial charge in [-0.2, -0.15) is 5.10 Å². The lowest BCUT2D eigenvalue weighted by Crippen LogP contribution is -2.43. The van der Waals surface area contributed by atoms with E-state index in [1.165, 1.54) is 19.3 Å². The molecule has 1 aliphatic carbocycles. The number of urea groups is 1. The largest absolute Gasteiger partial charge is 0.371 e. The van der Waals surface area contributed by atoms with E-state index in [9.17, 15) is 4.79 Å². The Balaban J connectivity index is 1.25. The number of rotatable bonds is 5. The number of benzene rings is 1. The van der Waals surface area contributed by atoms with E-state index in [1.807, 2.05) is 35.1 Å². The molecule has 4 heterocycles. The second-order valence-electron chi connectivity index (χ2n) is 9.94. The molecule has 3 fully saturated rings. The summed E-state index contributed by atoms with van der Waals surface area (Å²) >= 11 is 0. The lowest BCUT2D eigenvalue weighted by Gasteiger charge is -2.33. The molecule has 2 atom stereocenters. The number of aryl methyl sites for hydroxylation is 1. The molecule has 184 valence electrons. The molecule has 9 nitrogen and oxygen atoms in total. The minimum atomic E-state index is -0.140. The van der Waals surface area contributed by atoms with Crippen molar-refractivity contribution in [2.24, 2.45) is 0 Å². The summed E-state index contributed by atoms with van der Waals surface area (Å²) in [6.45, 7) is 4.51. The normalized spacial score (nSPS) is 22.5. The first-order valence-electron chi connectivity index (χ1n) is 13.0. The van der Waals surface area contributed by atoms with Gasteiger partial charge in [0.2, 0.25) is 0 Å². The van der Waals surface area contributed by atoms with Crippen LogP contribution in [0.5, 0.6) is 0 Å². The van der Waals surface area contributed by atoms with E-state index < -0.39 is 0 Å². The van der Waals surface area contributed by atoms with Gasteiger partial charge < -0.3 is 20.3 Å². The van der Waals surface area contributed by atoms with Gasteiger partial charge in [0.15, 0.2) is 11.5 Å². The van der Waals surface area contributed by atoms with Crippen molar-refractivity contribution in [3.63, 3.8) is 0 Å². The van der Waals surface area contributed by atoms with Gasteiger partial charge in [-0.15, -0.1) is 0 Å². The van der Waals surface area contributed by atoms with Crippen molar-refractivity contribution in [2.45, 2.75) is 76.7 Å². The van der Waals surface area contributed by atoms with Crippen LogP contribution in [0.15, 0.2) is 30.5 Å². The highest BCUT2D eigenvalue weighted by molar-refractivity contribution is 5.90. The number of amides is 2. The number of anilines is 2. The average Bonchev–Trinajstić information content (AvgIpc) is 3.46. The maximum Gasteiger partial charge on any atom is 0.319 e. The van der Waals surface area contributed by atoms with Gasteiger partial charge in [-0.05, 0) is 56.9 Å². The van der Waals surface area contributed by atoms with E-state index in [1.54, 1.807) is 0 Å². The van der Waals surface area contributed by atoms with Crippen LogP contribution in [0.2, 0.25) is 0 Å². The molecule has 2 amide bonds. The molecule has 3 aromatic rings. The third-order valence-electron chi connectivity index (χ3n) is 7.46. The molecule has 35 heavy (non-hydrogen) atoms. The van der Waals surface area contributed by atoms with E-state index in [2.05, 4.69) is 27.6 Å². The summed E-state index contributed by atoms with van der Waals surface area (Å²) in [7, 11) is 0. The van der Waals surface area contributed by atoms with Crippen LogP contribution >= 0.6 is 0 Å². The zero-order valence-corrected chi connectivity index (χ0v) is 20.2. The number of nitrogens with zero attached hydrogens (tertiary/aromatic N) is 5. The number of carbonyl (C=O) groups is 1. The van der Waals surface area contributed by atoms with Gasteiger partial charge in [-0.1, -0.05) is 19.3 Å². The minimum absolute atomic E-state index is 0.140. The summed E-state index contributed by atoms with van der Waals surface area (Å²) in [4.78, 5) is 24.7. The van der Waals surface area contributed by atoms with E-state index in [4.69, 9.17) is 14.7 Å². The highest BCUT2D eigenvalue weighted by Gasteiger charge is 2.35. The molecular formula is C26H33N7O2. The quantitative estimate of drug-likeness (QED) is 0.570. The van der Waals surface area contributed by atoms with Crippen molar-refractivity contribution in [2.75, 3.05) is 23.3 Å². The zero-order valence-electron chi connectivity index (χ0n) is 20.2. The van der Waals surface area contributed by atoms with Gasteiger partial charge in [0.05, 0.1) is 23.8 Å². The minimum Gasteiger partial charge on any atom is -0.371 e. The molecule has 2 aliphatic heterocycles. The van der Waals surface area contributed by atoms with Gasteiger partial charge in [-0.25, -0.2) is 19.4 Å². The number of hydrogen-bond donors (Lipinski definition) is 2. The number of hydrogen-bond acceptors (Lipinski definition) is 6. The monoisotopic (exact) mass is 475 g/mol. The first kappa shape index (κ1) is 22.3. The van der Waals surface area contributed by atoms with E-state index in [-0.39, 0.29) is 24.3 Å². The summed E-state index contributed by atoms with van der Waals surface area (Å²) in [5.41, 5.74) is 2.51. The number of aromatic nitrogens is 4. The third-order valence-corrected chi connectivity index (χ3v) is 7.46. The van der Waals surface area contributed by atoms with Crippen molar-refractivity contribution < 1.29 is 9.53 Å². The van der Waals surface area contributed by atoms with E-state index >= 15 is 0 Å².